The van der Waals surface area contributed by atoms with Crippen LogP contribution in [0.1, 0.15) is 51.1 Å². The van der Waals surface area contributed by atoms with E-state index in [1.54, 1.807) is 17.6 Å². The lowest BCUT2D eigenvalue weighted by molar-refractivity contribution is 0.574. The molecule has 0 aliphatic rings. The largest absolute Gasteiger partial charge is 0.443 e. The molecule has 2 aromatic rings. The van der Waals surface area contributed by atoms with E-state index in [1.165, 1.54) is 32.1 Å². The minimum Gasteiger partial charge on any atom is -0.443 e. The molecule has 0 saturated carbocycles. The zero-order chi connectivity index (χ0) is 16.3. The van der Waals surface area contributed by atoms with Crippen molar-refractivity contribution in [1.29, 1.82) is 0 Å². The highest BCUT2D eigenvalue weighted by molar-refractivity contribution is 14.0. The highest BCUT2D eigenvalue weighted by atomic mass is 127. The molecule has 0 radical (unpaired) electrons. The summed E-state index contributed by atoms with van der Waals surface area (Å²) in [4.78, 5) is 9.74. The van der Waals surface area contributed by atoms with Gasteiger partial charge in [0, 0.05) is 6.54 Å². The predicted molar refractivity (Wildman–Crippen MR) is 112 cm³/mol. The molecule has 0 unspecified atom stereocenters. The van der Waals surface area contributed by atoms with E-state index in [4.69, 9.17) is 10.2 Å². The number of hydrogen-bond donors (Lipinski definition) is 2. The van der Waals surface area contributed by atoms with Crippen LogP contribution in [-0.4, -0.2) is 17.5 Å². The molecule has 0 amide bonds. The molecule has 0 bridgehead atoms. The van der Waals surface area contributed by atoms with Crippen LogP contribution in [0.15, 0.2) is 33.2 Å². The third kappa shape index (κ3) is 7.65. The summed E-state index contributed by atoms with van der Waals surface area (Å²) in [5, 5.41) is 5.15. The van der Waals surface area contributed by atoms with Crippen LogP contribution in [0.4, 0.5) is 0 Å². The first kappa shape index (κ1) is 21.0. The molecule has 7 heteroatoms. The van der Waals surface area contributed by atoms with Crippen LogP contribution in [0.5, 0.6) is 0 Å². The second-order valence-electron chi connectivity index (χ2n) is 5.52. The van der Waals surface area contributed by atoms with E-state index < -0.39 is 0 Å². The van der Waals surface area contributed by atoms with Crippen molar-refractivity contribution in [2.24, 2.45) is 10.7 Å². The van der Waals surface area contributed by atoms with Gasteiger partial charge in [-0.25, -0.2) is 9.98 Å². The normalized spacial score (nSPS) is 11.3. The van der Waals surface area contributed by atoms with Gasteiger partial charge in [-0.3, -0.25) is 0 Å². The monoisotopic (exact) mass is 462 g/mol. The van der Waals surface area contributed by atoms with Gasteiger partial charge in [-0.15, -0.1) is 35.3 Å². The Kier molecular flexibility index (Phi) is 10.7. The predicted octanol–water partition coefficient (Wildman–Crippen LogP) is 4.79. The van der Waals surface area contributed by atoms with Crippen molar-refractivity contribution in [3.63, 3.8) is 0 Å². The Hall–Kier alpha value is -1.09. The maximum Gasteiger partial charge on any atom is 0.236 e. The van der Waals surface area contributed by atoms with E-state index in [-0.39, 0.29) is 24.0 Å². The number of guanidine groups is 1. The molecule has 5 nitrogen and oxygen atoms in total. The summed E-state index contributed by atoms with van der Waals surface area (Å²) in [5.74, 6) is 1.11. The highest BCUT2D eigenvalue weighted by Gasteiger charge is 2.06. The van der Waals surface area contributed by atoms with E-state index in [0.29, 0.717) is 18.4 Å². The lowest BCUT2D eigenvalue weighted by Crippen LogP contribution is -2.32. The number of hydrogen-bond acceptors (Lipinski definition) is 4. The van der Waals surface area contributed by atoms with Gasteiger partial charge in [0.15, 0.2) is 5.96 Å². The molecule has 134 valence electrons. The van der Waals surface area contributed by atoms with Crippen molar-refractivity contribution >= 4 is 41.3 Å². The molecular weight excluding hydrogens is 435 g/mol. The molecule has 2 aromatic heterocycles. The average molecular weight is 462 g/mol. The lowest BCUT2D eigenvalue weighted by Gasteiger charge is -2.05. The fourth-order valence-corrected chi connectivity index (χ4v) is 2.89. The molecule has 3 N–H and O–H groups in total. The van der Waals surface area contributed by atoms with E-state index in [9.17, 15) is 0 Å². The Bertz CT molecular complexity index is 583. The van der Waals surface area contributed by atoms with E-state index in [0.717, 1.165) is 23.5 Å². The summed E-state index contributed by atoms with van der Waals surface area (Å²) in [7, 11) is 0. The molecular formula is C17H27IN4OS. The van der Waals surface area contributed by atoms with Gasteiger partial charge in [-0.05, 0) is 17.9 Å². The van der Waals surface area contributed by atoms with E-state index in [2.05, 4.69) is 22.2 Å². The summed E-state index contributed by atoms with van der Waals surface area (Å²) in [6.45, 7) is 3.54. The third-order valence-electron chi connectivity index (χ3n) is 3.53. The van der Waals surface area contributed by atoms with E-state index >= 15 is 0 Å². The van der Waals surface area contributed by atoms with Crippen molar-refractivity contribution < 1.29 is 4.42 Å². The standard InChI is InChI=1S/C17H26N4OS.HI/c1-2-3-4-5-6-7-10-19-17(18)20-12-14-13-22-16(21-14)15-9-8-11-23-15;/h8-9,11,13H,2-7,10,12H2,1H3,(H3,18,19,20);1H. The van der Waals surface area contributed by atoms with Crippen LogP contribution in [0, 0.1) is 0 Å². The molecule has 0 aliphatic heterocycles. The summed E-state index contributed by atoms with van der Waals surface area (Å²) >= 11 is 1.61. The average Bonchev–Trinajstić information content (AvgIpc) is 3.23. The summed E-state index contributed by atoms with van der Waals surface area (Å²) in [6, 6.07) is 3.96. The lowest BCUT2D eigenvalue weighted by atomic mass is 10.1. The van der Waals surface area contributed by atoms with Crippen LogP contribution in [-0.2, 0) is 6.54 Å². The van der Waals surface area contributed by atoms with Crippen molar-refractivity contribution in [2.75, 3.05) is 6.54 Å². The van der Waals surface area contributed by atoms with Gasteiger partial charge in [-0.1, -0.05) is 45.1 Å². The quantitative estimate of drug-likeness (QED) is 0.231. The van der Waals surface area contributed by atoms with Crippen LogP contribution >= 0.6 is 35.3 Å². The number of thiophene rings is 1. The van der Waals surface area contributed by atoms with Gasteiger partial charge < -0.3 is 15.5 Å². The van der Waals surface area contributed by atoms with Gasteiger partial charge in [0.2, 0.25) is 5.89 Å². The van der Waals surface area contributed by atoms with Gasteiger partial charge in [0.1, 0.15) is 12.0 Å². The first-order chi connectivity index (χ1) is 11.3. The highest BCUT2D eigenvalue weighted by Crippen LogP contribution is 2.23. The molecule has 2 heterocycles. The molecule has 0 atom stereocenters. The number of rotatable bonds is 10. The second-order valence-corrected chi connectivity index (χ2v) is 6.47. The fraction of sp³-hybridized carbons (Fsp3) is 0.529. The Morgan fingerprint density at radius 1 is 1.29 bits per heavy atom. The zero-order valence-corrected chi connectivity index (χ0v) is 17.3. The number of nitrogens with one attached hydrogen (secondary N) is 1. The Balaban J connectivity index is 0.00000288. The molecule has 0 saturated heterocycles. The van der Waals surface area contributed by atoms with Gasteiger partial charge in [0.05, 0.1) is 11.4 Å². The smallest absolute Gasteiger partial charge is 0.236 e. The minimum atomic E-state index is 0. The summed E-state index contributed by atoms with van der Waals surface area (Å²) in [6.07, 6.45) is 9.27. The topological polar surface area (TPSA) is 76.4 Å². The molecule has 0 spiro atoms. The third-order valence-corrected chi connectivity index (χ3v) is 4.39. The number of halogens is 1. The van der Waals surface area contributed by atoms with Crippen LogP contribution in [0.2, 0.25) is 0 Å². The van der Waals surface area contributed by atoms with Gasteiger partial charge in [0.25, 0.3) is 0 Å². The van der Waals surface area contributed by atoms with Crippen molar-refractivity contribution in [3.8, 4) is 10.8 Å². The summed E-state index contributed by atoms with van der Waals surface area (Å²) in [5.41, 5.74) is 6.66. The second kappa shape index (κ2) is 12.3. The van der Waals surface area contributed by atoms with Crippen LogP contribution < -0.4 is 11.1 Å². The number of oxazole rings is 1. The summed E-state index contributed by atoms with van der Waals surface area (Å²) < 4.78 is 5.46. The molecule has 0 aromatic carbocycles. The first-order valence-electron chi connectivity index (χ1n) is 8.31. The Morgan fingerprint density at radius 3 is 2.83 bits per heavy atom. The van der Waals surface area contributed by atoms with Crippen LogP contribution in [0.3, 0.4) is 0 Å². The molecule has 0 aliphatic carbocycles. The van der Waals surface area contributed by atoms with Crippen molar-refractivity contribution in [3.05, 3.63) is 29.5 Å². The Labute approximate surface area is 165 Å². The molecule has 0 fully saturated rings. The fourth-order valence-electron chi connectivity index (χ4n) is 2.24. The number of unbranched alkanes of at least 4 members (excludes halogenated alkanes) is 5. The number of nitrogens with zero attached hydrogens (tertiary/aromatic N) is 2. The molecule has 24 heavy (non-hydrogen) atoms. The van der Waals surface area contributed by atoms with Gasteiger partial charge in [-0.2, -0.15) is 0 Å². The van der Waals surface area contributed by atoms with Gasteiger partial charge >= 0.3 is 0 Å². The number of aromatic nitrogens is 1. The molecule has 2 rings (SSSR count). The maximum absolute atomic E-state index is 5.87. The minimum absolute atomic E-state index is 0. The zero-order valence-electron chi connectivity index (χ0n) is 14.2. The number of aliphatic imine (C=N–C) groups is 1. The first-order valence-corrected chi connectivity index (χ1v) is 9.19. The van der Waals surface area contributed by atoms with Crippen molar-refractivity contribution in [1.82, 2.24) is 10.3 Å². The number of nitrogens with two attached hydrogens (primary N) is 1. The van der Waals surface area contributed by atoms with E-state index in [1.807, 2.05) is 17.5 Å². The van der Waals surface area contributed by atoms with Crippen molar-refractivity contribution in [2.45, 2.75) is 52.0 Å². The SMILES string of the molecule is CCCCCCCCNC(N)=NCc1coc(-c2cccs2)n1.I. The maximum atomic E-state index is 5.87. The van der Waals surface area contributed by atoms with Crippen LogP contribution in [0.25, 0.3) is 10.8 Å². The Morgan fingerprint density at radius 2 is 2.08 bits per heavy atom.